The van der Waals surface area contributed by atoms with Gasteiger partial charge in [0.25, 0.3) is 0 Å². The number of nitrogens with one attached hydrogen (secondary N) is 1. The fraction of sp³-hybridized carbons (Fsp3) is 0.0345. The summed E-state index contributed by atoms with van der Waals surface area (Å²) in [5.74, 6) is -0.0516. The predicted molar refractivity (Wildman–Crippen MR) is 130 cm³/mol. The topological polar surface area (TPSA) is 52.9 Å². The van der Waals surface area contributed by atoms with E-state index in [1.165, 1.54) is 26.9 Å². The number of benzene rings is 5. The third-order valence-corrected chi connectivity index (χ3v) is 6.43. The van der Waals surface area contributed by atoms with Crippen molar-refractivity contribution in [2.45, 2.75) is 0 Å². The summed E-state index contributed by atoms with van der Waals surface area (Å²) < 4.78 is 0. The van der Waals surface area contributed by atoms with E-state index in [9.17, 15) is 10.1 Å². The minimum absolute atomic E-state index is 0.0516. The van der Waals surface area contributed by atoms with E-state index < -0.39 is 0 Å². The molecule has 0 aromatic heterocycles. The highest BCUT2D eigenvalue weighted by molar-refractivity contribution is 6.30. The molecule has 0 saturated carbocycles. The number of Topliss-reactive ketones (excluding diaryl/α,β-unsaturated/α-hetero) is 1. The fourth-order valence-electron chi connectivity index (χ4n) is 4.99. The molecule has 1 N–H and O–H groups in total. The lowest BCUT2D eigenvalue weighted by Gasteiger charge is -2.13. The molecular weight excluding hydrogens is 392 g/mol. The van der Waals surface area contributed by atoms with E-state index in [0.29, 0.717) is 22.4 Å². The maximum atomic E-state index is 13.4. The van der Waals surface area contributed by atoms with Crippen LogP contribution in [0, 0.1) is 11.3 Å². The van der Waals surface area contributed by atoms with E-state index in [1.807, 2.05) is 30.3 Å². The molecule has 0 radical (unpaired) electrons. The van der Waals surface area contributed by atoms with Crippen LogP contribution in [0.3, 0.4) is 0 Å². The third-order valence-electron chi connectivity index (χ3n) is 6.43. The standard InChI is InChI=1S/C29H18N2O/c1-31-25(16-30)28-22-7-2-3-8-23(22)29(32)24(28)15-20-12-11-19-10-9-17-5-4-6-18-13-14-21(20)27(19)26(17)18/h2-15,31H,1H3/b24-15-,28-25+. The second-order valence-corrected chi connectivity index (χ2v) is 8.06. The molecule has 0 atom stereocenters. The summed E-state index contributed by atoms with van der Waals surface area (Å²) in [4.78, 5) is 13.4. The molecule has 1 aliphatic carbocycles. The molecule has 0 amide bonds. The van der Waals surface area contributed by atoms with Crippen LogP contribution in [0.25, 0.3) is 44.0 Å². The van der Waals surface area contributed by atoms with Gasteiger partial charge in [-0.25, -0.2) is 0 Å². The van der Waals surface area contributed by atoms with E-state index in [-0.39, 0.29) is 5.78 Å². The first-order valence-electron chi connectivity index (χ1n) is 10.6. The second kappa shape index (κ2) is 6.80. The number of hydrogen-bond acceptors (Lipinski definition) is 3. The van der Waals surface area contributed by atoms with Crippen molar-refractivity contribution in [3.63, 3.8) is 0 Å². The maximum Gasteiger partial charge on any atom is 0.194 e. The largest absolute Gasteiger partial charge is 0.379 e. The average molecular weight is 410 g/mol. The van der Waals surface area contributed by atoms with Crippen molar-refractivity contribution >= 4 is 49.7 Å². The lowest BCUT2D eigenvalue weighted by atomic mass is 9.91. The van der Waals surface area contributed by atoms with Gasteiger partial charge >= 0.3 is 0 Å². The molecule has 5 aromatic carbocycles. The number of nitrogens with zero attached hydrogens (tertiary/aromatic N) is 1. The lowest BCUT2D eigenvalue weighted by Crippen LogP contribution is -2.07. The number of carbonyl (C=O) groups is 1. The second-order valence-electron chi connectivity index (χ2n) is 8.06. The van der Waals surface area contributed by atoms with Gasteiger partial charge in [0.2, 0.25) is 0 Å². The summed E-state index contributed by atoms with van der Waals surface area (Å²) in [5.41, 5.74) is 4.01. The van der Waals surface area contributed by atoms with Crippen LogP contribution in [0.4, 0.5) is 0 Å². The van der Waals surface area contributed by atoms with Crippen LogP contribution in [-0.2, 0) is 0 Å². The molecule has 0 heterocycles. The van der Waals surface area contributed by atoms with Crippen LogP contribution in [0.15, 0.2) is 90.1 Å². The van der Waals surface area contributed by atoms with Crippen molar-refractivity contribution in [2.75, 3.05) is 7.05 Å². The molecule has 0 bridgehead atoms. The molecule has 32 heavy (non-hydrogen) atoms. The molecule has 0 spiro atoms. The van der Waals surface area contributed by atoms with Crippen molar-refractivity contribution in [1.29, 1.82) is 5.26 Å². The molecule has 0 aliphatic heterocycles. The number of rotatable bonds is 2. The Labute approximate surface area is 185 Å². The predicted octanol–water partition coefficient (Wildman–Crippen LogP) is 6.32. The molecule has 5 aromatic rings. The zero-order valence-corrected chi connectivity index (χ0v) is 17.4. The van der Waals surface area contributed by atoms with Gasteiger partial charge in [0.1, 0.15) is 11.8 Å². The highest BCUT2D eigenvalue weighted by Crippen LogP contribution is 2.41. The first-order chi connectivity index (χ1) is 15.7. The number of fused-ring (bicyclic) bond motifs is 1. The Morgan fingerprint density at radius 2 is 1.47 bits per heavy atom. The van der Waals surface area contributed by atoms with Gasteiger partial charge in [0.15, 0.2) is 5.78 Å². The smallest absolute Gasteiger partial charge is 0.194 e. The molecular formula is C29H18N2O. The van der Waals surface area contributed by atoms with Crippen molar-refractivity contribution < 1.29 is 4.79 Å². The Morgan fingerprint density at radius 3 is 2.19 bits per heavy atom. The minimum Gasteiger partial charge on any atom is -0.379 e. The molecule has 0 saturated heterocycles. The number of carbonyl (C=O) groups excluding carboxylic acids is 1. The number of hydrogen-bond donors (Lipinski definition) is 1. The van der Waals surface area contributed by atoms with E-state index >= 15 is 0 Å². The molecule has 150 valence electrons. The average Bonchev–Trinajstić information content (AvgIpc) is 3.11. The summed E-state index contributed by atoms with van der Waals surface area (Å²) >= 11 is 0. The Bertz CT molecular complexity index is 1670. The van der Waals surface area contributed by atoms with E-state index in [4.69, 9.17) is 0 Å². The van der Waals surface area contributed by atoms with Crippen LogP contribution in [0.1, 0.15) is 21.5 Å². The highest BCUT2D eigenvalue weighted by atomic mass is 16.1. The number of nitriles is 1. The van der Waals surface area contributed by atoms with Gasteiger partial charge in [-0.2, -0.15) is 5.26 Å². The van der Waals surface area contributed by atoms with Crippen LogP contribution >= 0.6 is 0 Å². The summed E-state index contributed by atoms with van der Waals surface area (Å²) in [6.07, 6.45) is 1.94. The summed E-state index contributed by atoms with van der Waals surface area (Å²) in [6, 6.07) is 28.8. The van der Waals surface area contributed by atoms with Crippen LogP contribution in [-0.4, -0.2) is 12.8 Å². The summed E-state index contributed by atoms with van der Waals surface area (Å²) in [6.45, 7) is 0. The fourth-order valence-corrected chi connectivity index (χ4v) is 4.99. The Morgan fingerprint density at radius 1 is 0.812 bits per heavy atom. The Kier molecular flexibility index (Phi) is 3.90. The SMILES string of the molecule is CN/C(C#N)=C1/C(=C/c2ccc3ccc4cccc5ccc2c3c45)C(=O)c2ccccc21. The summed E-state index contributed by atoms with van der Waals surface area (Å²) in [7, 11) is 1.71. The zero-order chi connectivity index (χ0) is 21.8. The van der Waals surface area contributed by atoms with Crippen molar-refractivity contribution in [2.24, 2.45) is 0 Å². The van der Waals surface area contributed by atoms with E-state index in [2.05, 4.69) is 66.0 Å². The van der Waals surface area contributed by atoms with E-state index in [0.717, 1.165) is 16.5 Å². The Balaban J connectivity index is 1.68. The van der Waals surface area contributed by atoms with Crippen LogP contribution < -0.4 is 5.32 Å². The van der Waals surface area contributed by atoms with Crippen molar-refractivity contribution in [3.8, 4) is 6.07 Å². The zero-order valence-electron chi connectivity index (χ0n) is 17.4. The quantitative estimate of drug-likeness (QED) is 0.211. The van der Waals surface area contributed by atoms with Crippen molar-refractivity contribution in [3.05, 3.63) is 107 Å². The van der Waals surface area contributed by atoms with Gasteiger partial charge in [-0.3, -0.25) is 4.79 Å². The number of allylic oxidation sites excluding steroid dienone is 3. The first kappa shape index (κ1) is 18.4. The molecule has 0 fully saturated rings. The first-order valence-corrected chi connectivity index (χ1v) is 10.6. The monoisotopic (exact) mass is 410 g/mol. The Hall–Kier alpha value is -4.42. The molecule has 3 nitrogen and oxygen atoms in total. The van der Waals surface area contributed by atoms with Gasteiger partial charge in [-0.05, 0) is 49.5 Å². The third kappa shape index (κ3) is 2.44. The molecule has 1 aliphatic rings. The molecule has 3 heteroatoms. The van der Waals surface area contributed by atoms with Crippen LogP contribution in [0.5, 0.6) is 0 Å². The van der Waals surface area contributed by atoms with E-state index in [1.54, 1.807) is 7.05 Å². The van der Waals surface area contributed by atoms with Crippen LogP contribution in [0.2, 0.25) is 0 Å². The van der Waals surface area contributed by atoms with Gasteiger partial charge in [-0.15, -0.1) is 0 Å². The number of ketones is 1. The maximum absolute atomic E-state index is 13.4. The summed E-state index contributed by atoms with van der Waals surface area (Å²) in [5, 5.41) is 19.8. The highest BCUT2D eigenvalue weighted by Gasteiger charge is 2.32. The van der Waals surface area contributed by atoms with Gasteiger partial charge in [0, 0.05) is 23.8 Å². The van der Waals surface area contributed by atoms with Crippen molar-refractivity contribution in [1.82, 2.24) is 5.32 Å². The normalized spacial score (nSPS) is 16.1. The van der Waals surface area contributed by atoms with Gasteiger partial charge in [0.05, 0.1) is 0 Å². The lowest BCUT2D eigenvalue weighted by molar-refractivity contribution is 0.104. The van der Waals surface area contributed by atoms with Gasteiger partial charge in [-0.1, -0.05) is 78.9 Å². The van der Waals surface area contributed by atoms with Gasteiger partial charge < -0.3 is 5.32 Å². The molecule has 0 unspecified atom stereocenters. The molecule has 6 rings (SSSR count). The minimum atomic E-state index is -0.0516.